The highest BCUT2D eigenvalue weighted by Gasteiger charge is 2.60. The Balaban J connectivity index is 0.915. The third-order valence-corrected chi connectivity index (χ3v) is 20.7. The molecule has 2 fully saturated rings. The number of amides is 4. The number of hydrogen-bond acceptors (Lipinski definition) is 12. The number of rotatable bonds is 25. The van der Waals surface area contributed by atoms with E-state index in [1.807, 2.05) is 49.9 Å². The Bertz CT molecular complexity index is 3350. The number of fused-ring (bicyclic) bond motifs is 5. The maximum Gasteiger partial charge on any atom is 0.315 e. The molecule has 3 aromatic rings. The largest absolute Gasteiger partial charge is 0.545 e. The third-order valence-electron chi connectivity index (χ3n) is 16.2. The molecule has 17 nitrogen and oxygen atoms in total. The Kier molecular flexibility index (Phi) is 19.2. The predicted molar refractivity (Wildman–Crippen MR) is 319 cm³/mol. The number of urea groups is 1. The van der Waals surface area contributed by atoms with Crippen molar-refractivity contribution in [2.45, 2.75) is 134 Å². The lowest BCUT2D eigenvalue weighted by Crippen LogP contribution is -2.58. The van der Waals surface area contributed by atoms with Gasteiger partial charge in [-0.15, -0.1) is 0 Å². The van der Waals surface area contributed by atoms with E-state index in [2.05, 4.69) is 84.4 Å². The Labute approximate surface area is 498 Å². The van der Waals surface area contributed by atoms with E-state index in [4.69, 9.17) is 60.6 Å². The molecule has 2 saturated heterocycles. The number of nitrogens with one attached hydrogen (secondary N) is 4. The predicted octanol–water partition coefficient (Wildman–Crippen LogP) is 7.93. The number of unbranched alkanes of at least 4 members (excludes halogenated alkanes) is 2. The van der Waals surface area contributed by atoms with E-state index in [1.54, 1.807) is 0 Å². The lowest BCUT2D eigenvalue weighted by molar-refractivity contribution is -0.255. The molecular weight excluding hydrogens is 1160 g/mol. The SMILES string of the molecule is CC1=CC(C)(C)N(CCCCS(=O)(=O)O)c2cc3c(cc21)C(c1c(Cl)c(Cl)c(Cl)c(Cl)c1C(=O)[O-])=c1cc2c(cc1O3)=[N+](CCCC(=O)NCCOCCOCCNC(=O)CCCC[C@@H]1SC[C@]3(C)NC(=O)N[C@]13C)C(C)(C)C=C2C. The average Bonchev–Trinajstić information content (AvgIpc) is 2.09. The lowest BCUT2D eigenvalue weighted by Gasteiger charge is -2.44. The van der Waals surface area contributed by atoms with Crippen LogP contribution in [0.15, 0.2) is 36.4 Å². The number of thioether (sulfide) groups is 1. The molecule has 0 bridgehead atoms. The van der Waals surface area contributed by atoms with Gasteiger partial charge < -0.3 is 50.3 Å². The van der Waals surface area contributed by atoms with Crippen LogP contribution in [-0.4, -0.2) is 128 Å². The molecule has 0 saturated carbocycles. The van der Waals surface area contributed by atoms with E-state index in [9.17, 15) is 37.3 Å². The van der Waals surface area contributed by atoms with Crippen molar-refractivity contribution in [3.05, 3.63) is 94.9 Å². The van der Waals surface area contributed by atoms with Crippen molar-refractivity contribution in [1.29, 1.82) is 0 Å². The summed E-state index contributed by atoms with van der Waals surface area (Å²) in [6.07, 6.45) is 8.72. The van der Waals surface area contributed by atoms with Crippen LogP contribution < -0.4 is 51.2 Å². The molecule has 5 heterocycles. The topological polar surface area (TPSA) is 228 Å². The highest BCUT2D eigenvalue weighted by molar-refractivity contribution is 8.00. The van der Waals surface area contributed by atoms with Crippen LogP contribution in [0.3, 0.4) is 0 Å². The van der Waals surface area contributed by atoms with Gasteiger partial charge in [-0.05, 0) is 96.6 Å². The molecule has 5 aliphatic heterocycles. The van der Waals surface area contributed by atoms with Gasteiger partial charge in [0.2, 0.25) is 17.2 Å². The van der Waals surface area contributed by atoms with Crippen LogP contribution in [0, 0.1) is 0 Å². The number of carboxylic acid groups (broad SMARTS) is 1. The Morgan fingerprint density at radius 2 is 1.44 bits per heavy atom. The molecule has 0 aliphatic carbocycles. The average molecular weight is 1240 g/mol. The first-order valence-electron chi connectivity index (χ1n) is 27.4. The molecule has 0 aromatic heterocycles. The second-order valence-corrected chi connectivity index (χ2v) is 27.2. The van der Waals surface area contributed by atoms with E-state index in [-0.39, 0.29) is 73.2 Å². The van der Waals surface area contributed by atoms with Crippen molar-refractivity contribution in [3.63, 3.8) is 0 Å². The zero-order valence-corrected chi connectivity index (χ0v) is 51.7. The Hall–Kier alpha value is -4.57. The van der Waals surface area contributed by atoms with Crippen LogP contribution in [0.1, 0.15) is 139 Å². The molecular formula is C58H72Cl4N6O11S2. The highest BCUT2D eigenvalue weighted by Crippen LogP contribution is 2.51. The standard InChI is InChI=1S/C58H72Cl4N6O11S2/c1-33-30-55(3,4)67(19-11-12-25-81(74,75)76)39-28-41-37(26-35(33)39)46(47-48(53(71)72)50(60)52(62)51(61)49(47)59)38-27-36-34(2)31-56(5,6)68(40(36)29-42(38)79-41)20-13-16-45(70)64-18-22-78-24-23-77-21-17-63-44(69)15-10-9-14-43-58(8)57(7,32-80-43)65-54(73)66-58/h26-31,43H,9-25,32H2,1-8H3,(H5-,63,64,65,66,69,70,71,72,73,74,75,76)/t43-,57-,58+/m0/s1. The fourth-order valence-electron chi connectivity index (χ4n) is 12.0. The molecule has 23 heteroatoms. The maximum atomic E-state index is 13.2. The fourth-order valence-corrected chi connectivity index (χ4v) is 15.5. The minimum atomic E-state index is -4.15. The summed E-state index contributed by atoms with van der Waals surface area (Å²) >= 11 is 28.9. The van der Waals surface area contributed by atoms with Gasteiger partial charge in [-0.25, -0.2) is 9.37 Å². The summed E-state index contributed by atoms with van der Waals surface area (Å²) in [6.45, 7) is 19.4. The van der Waals surface area contributed by atoms with E-state index in [0.29, 0.717) is 105 Å². The van der Waals surface area contributed by atoms with Crippen LogP contribution in [-0.2, 0) is 29.2 Å². The molecule has 3 atom stereocenters. The monoisotopic (exact) mass is 1230 g/mol. The number of benzene rings is 3. The van der Waals surface area contributed by atoms with Gasteiger partial charge in [0.15, 0.2) is 5.54 Å². The van der Waals surface area contributed by atoms with Crippen molar-refractivity contribution >= 4 is 115 Å². The number of hydrogen-bond donors (Lipinski definition) is 5. The van der Waals surface area contributed by atoms with Crippen molar-refractivity contribution in [3.8, 4) is 11.5 Å². The highest BCUT2D eigenvalue weighted by atomic mass is 35.5. The third kappa shape index (κ3) is 13.4. The lowest BCUT2D eigenvalue weighted by atomic mass is 9.79. The maximum absolute atomic E-state index is 13.2. The molecule has 81 heavy (non-hydrogen) atoms. The summed E-state index contributed by atoms with van der Waals surface area (Å²) in [5.41, 5.74) is 3.13. The van der Waals surface area contributed by atoms with Gasteiger partial charge in [-0.1, -0.05) is 58.9 Å². The molecule has 0 unspecified atom stereocenters. The van der Waals surface area contributed by atoms with Gasteiger partial charge >= 0.3 is 6.03 Å². The Morgan fingerprint density at radius 3 is 2.10 bits per heavy atom. The number of nitrogens with zero attached hydrogens (tertiary/aromatic N) is 2. The van der Waals surface area contributed by atoms with Crippen molar-refractivity contribution < 1.29 is 51.5 Å². The van der Waals surface area contributed by atoms with Crippen molar-refractivity contribution in [2.24, 2.45) is 0 Å². The number of ether oxygens (including phenoxy) is 3. The van der Waals surface area contributed by atoms with Gasteiger partial charge in [0, 0.05) is 114 Å². The van der Waals surface area contributed by atoms with Crippen LogP contribution in [0.2, 0.25) is 20.1 Å². The second-order valence-electron chi connectivity index (χ2n) is 22.9. The second kappa shape index (κ2) is 24.9. The number of carboxylic acids is 1. The number of halogens is 4. The number of carbonyl (C=O) groups excluding carboxylic acids is 4. The summed E-state index contributed by atoms with van der Waals surface area (Å²) in [5, 5.41) is 26.0. The molecule has 5 N–H and O–H groups in total. The van der Waals surface area contributed by atoms with Crippen LogP contribution in [0.25, 0.3) is 16.7 Å². The first-order valence-corrected chi connectivity index (χ1v) is 31.5. The van der Waals surface area contributed by atoms with Gasteiger partial charge in [0.25, 0.3) is 10.1 Å². The number of carbonyl (C=O) groups is 4. The molecule has 440 valence electrons. The summed E-state index contributed by atoms with van der Waals surface area (Å²) in [6, 6.07) is 7.56. The van der Waals surface area contributed by atoms with Crippen molar-refractivity contribution in [1.82, 2.24) is 25.8 Å². The molecule has 8 rings (SSSR count). The fraction of sp³-hybridized carbons (Fsp3) is 0.534. The van der Waals surface area contributed by atoms with E-state index < -0.39 is 32.7 Å². The summed E-state index contributed by atoms with van der Waals surface area (Å²) < 4.78 is 53.1. The van der Waals surface area contributed by atoms with E-state index in [1.165, 1.54) is 0 Å². The van der Waals surface area contributed by atoms with Crippen LogP contribution >= 0.6 is 58.2 Å². The zero-order chi connectivity index (χ0) is 59.0. The summed E-state index contributed by atoms with van der Waals surface area (Å²) in [7, 11) is -4.15. The van der Waals surface area contributed by atoms with Gasteiger partial charge in [0.05, 0.1) is 80.9 Å². The molecule has 0 radical (unpaired) electrons. The molecule has 0 spiro atoms. The number of aromatic carboxylic acids is 1. The van der Waals surface area contributed by atoms with Gasteiger partial charge in [0.1, 0.15) is 18.0 Å². The van der Waals surface area contributed by atoms with Gasteiger partial charge in [-0.3, -0.25) is 14.1 Å². The molecule has 4 amide bonds. The minimum absolute atomic E-state index is 0.000682. The minimum Gasteiger partial charge on any atom is -0.545 e. The van der Waals surface area contributed by atoms with Crippen LogP contribution in [0.4, 0.5) is 10.5 Å². The van der Waals surface area contributed by atoms with Gasteiger partial charge in [-0.2, -0.15) is 20.2 Å². The van der Waals surface area contributed by atoms with Crippen molar-refractivity contribution in [2.75, 3.05) is 69.0 Å². The van der Waals surface area contributed by atoms with E-state index in [0.717, 1.165) is 58.3 Å². The summed E-state index contributed by atoms with van der Waals surface area (Å²) in [5.74, 6) is -0.522. The number of allylic oxidation sites excluding steroid dienone is 2. The first-order chi connectivity index (χ1) is 38.1. The van der Waals surface area contributed by atoms with E-state index >= 15 is 0 Å². The molecule has 5 aliphatic rings. The quantitative estimate of drug-likeness (QED) is 0.0106. The Morgan fingerprint density at radius 1 is 0.802 bits per heavy atom. The molecule has 3 aromatic carbocycles. The number of anilines is 1. The first kappa shape index (κ1) is 62.5. The normalized spacial score (nSPS) is 21.1. The summed E-state index contributed by atoms with van der Waals surface area (Å²) in [4.78, 5) is 52.9. The smallest absolute Gasteiger partial charge is 0.315 e. The zero-order valence-electron chi connectivity index (χ0n) is 47.0. The van der Waals surface area contributed by atoms with Crippen LogP contribution in [0.5, 0.6) is 11.5 Å².